The van der Waals surface area contributed by atoms with E-state index in [0.717, 1.165) is 63.7 Å². The second kappa shape index (κ2) is 13.9. The van der Waals surface area contributed by atoms with Crippen LogP contribution in [0.4, 0.5) is 0 Å². The molecule has 31 heavy (non-hydrogen) atoms. The van der Waals surface area contributed by atoms with Gasteiger partial charge in [0.05, 0.1) is 19.4 Å². The molecule has 1 amide bonds. The fourth-order valence-electron chi connectivity index (χ4n) is 4.34. The van der Waals surface area contributed by atoms with Gasteiger partial charge >= 0.3 is 0 Å². The quantitative estimate of drug-likeness (QED) is 0.248. The molecule has 8 nitrogen and oxygen atoms in total. The van der Waals surface area contributed by atoms with Crippen molar-refractivity contribution in [3.8, 4) is 0 Å². The molecule has 9 heteroatoms. The number of piperidine rings is 1. The number of hydrogen-bond acceptors (Lipinski definition) is 5. The van der Waals surface area contributed by atoms with E-state index >= 15 is 0 Å². The van der Waals surface area contributed by atoms with E-state index in [2.05, 4.69) is 32.7 Å². The molecule has 1 atom stereocenters. The molecule has 176 valence electrons. The van der Waals surface area contributed by atoms with Gasteiger partial charge in [0.2, 0.25) is 5.91 Å². The van der Waals surface area contributed by atoms with Gasteiger partial charge in [-0.1, -0.05) is 6.92 Å². The van der Waals surface area contributed by atoms with Gasteiger partial charge in [-0.25, -0.2) is 0 Å². The molecule has 1 aromatic rings. The number of aliphatic imine (C=N–C) groups is 1. The summed E-state index contributed by atoms with van der Waals surface area (Å²) < 4.78 is 5.44. The molecule has 2 aliphatic rings. The second-order valence-electron chi connectivity index (χ2n) is 8.24. The molecule has 2 fully saturated rings. The number of carbonyl (C=O) groups is 1. The van der Waals surface area contributed by atoms with Gasteiger partial charge in [0, 0.05) is 45.2 Å². The molecule has 2 saturated heterocycles. The number of likely N-dealkylation sites (N-methyl/N-ethyl adjacent to an activating group) is 2. The molecule has 0 saturated carbocycles. The zero-order valence-corrected chi connectivity index (χ0v) is 21.3. The summed E-state index contributed by atoms with van der Waals surface area (Å²) in [6, 6.07) is 4.86. The SMILES string of the molecule is CCN1CCCC1CN=C(NCCc1ccco1)NC1CCN(CC(=O)NC)CC1.I. The minimum Gasteiger partial charge on any atom is -0.469 e. The highest BCUT2D eigenvalue weighted by Gasteiger charge is 2.24. The Hall–Kier alpha value is -1.33. The Morgan fingerprint density at radius 1 is 1.26 bits per heavy atom. The topological polar surface area (TPSA) is 85.1 Å². The first-order valence-electron chi connectivity index (χ1n) is 11.4. The molecule has 0 aromatic carbocycles. The van der Waals surface area contributed by atoms with Gasteiger partial charge in [0.15, 0.2) is 5.96 Å². The van der Waals surface area contributed by atoms with Gasteiger partial charge < -0.3 is 20.4 Å². The average Bonchev–Trinajstić information content (AvgIpc) is 3.44. The minimum absolute atomic E-state index is 0. The Labute approximate surface area is 203 Å². The number of furan rings is 1. The van der Waals surface area contributed by atoms with E-state index in [0.29, 0.717) is 18.6 Å². The lowest BCUT2D eigenvalue weighted by Crippen LogP contribution is -2.50. The fraction of sp³-hybridized carbons (Fsp3) is 0.727. The molecule has 2 aliphatic heterocycles. The summed E-state index contributed by atoms with van der Waals surface area (Å²) in [5.41, 5.74) is 0. The van der Waals surface area contributed by atoms with E-state index in [1.807, 2.05) is 12.1 Å². The number of halogens is 1. The summed E-state index contributed by atoms with van der Waals surface area (Å²) in [7, 11) is 1.69. The van der Waals surface area contributed by atoms with Gasteiger partial charge in [-0.2, -0.15) is 0 Å². The Bertz CT molecular complexity index is 661. The number of rotatable bonds is 9. The highest BCUT2D eigenvalue weighted by molar-refractivity contribution is 14.0. The van der Waals surface area contributed by atoms with Crippen molar-refractivity contribution in [1.82, 2.24) is 25.8 Å². The third-order valence-corrected chi connectivity index (χ3v) is 6.18. The van der Waals surface area contributed by atoms with Crippen LogP contribution in [0.2, 0.25) is 0 Å². The van der Waals surface area contributed by atoms with Crippen LogP contribution in [0.3, 0.4) is 0 Å². The van der Waals surface area contributed by atoms with Crippen LogP contribution in [0.5, 0.6) is 0 Å². The highest BCUT2D eigenvalue weighted by Crippen LogP contribution is 2.16. The van der Waals surface area contributed by atoms with E-state index in [-0.39, 0.29) is 29.9 Å². The third kappa shape index (κ3) is 8.61. The van der Waals surface area contributed by atoms with Crippen molar-refractivity contribution >= 4 is 35.8 Å². The lowest BCUT2D eigenvalue weighted by Gasteiger charge is -2.32. The predicted molar refractivity (Wildman–Crippen MR) is 135 cm³/mol. The van der Waals surface area contributed by atoms with E-state index in [9.17, 15) is 4.79 Å². The summed E-state index contributed by atoms with van der Waals surface area (Å²) in [6.07, 6.45) is 7.08. The number of hydrogen-bond donors (Lipinski definition) is 3. The maximum absolute atomic E-state index is 11.6. The zero-order valence-electron chi connectivity index (χ0n) is 18.9. The number of likely N-dealkylation sites (tertiary alicyclic amines) is 2. The van der Waals surface area contributed by atoms with Crippen LogP contribution in [0, 0.1) is 0 Å². The molecule has 0 spiro atoms. The van der Waals surface area contributed by atoms with Crippen LogP contribution in [-0.2, 0) is 11.2 Å². The van der Waals surface area contributed by atoms with Gasteiger partial charge in [-0.15, -0.1) is 24.0 Å². The summed E-state index contributed by atoms with van der Waals surface area (Å²) in [4.78, 5) is 21.3. The molecule has 0 bridgehead atoms. The van der Waals surface area contributed by atoms with Crippen molar-refractivity contribution in [2.45, 2.75) is 51.1 Å². The van der Waals surface area contributed by atoms with Gasteiger partial charge in [-0.3, -0.25) is 19.6 Å². The molecule has 0 radical (unpaired) electrons. The third-order valence-electron chi connectivity index (χ3n) is 6.18. The van der Waals surface area contributed by atoms with Gasteiger partial charge in [0.1, 0.15) is 5.76 Å². The molecule has 1 aromatic heterocycles. The lowest BCUT2D eigenvalue weighted by molar-refractivity contribution is -0.122. The first kappa shape index (κ1) is 25.9. The average molecular weight is 546 g/mol. The zero-order chi connectivity index (χ0) is 21.2. The van der Waals surface area contributed by atoms with E-state index in [4.69, 9.17) is 9.41 Å². The standard InChI is InChI=1S/C22H38N6O2.HI/c1-3-28-12-4-6-19(28)16-25-22(24-11-8-20-7-5-15-30-20)26-18-9-13-27(14-10-18)17-21(29)23-2;/h5,7,15,18-19H,3-4,6,8-14,16-17H2,1-2H3,(H,23,29)(H2,24,25,26);1H. The van der Waals surface area contributed by atoms with Gasteiger partial charge in [-0.05, 0) is 50.9 Å². The molecular weight excluding hydrogens is 507 g/mol. The Balaban J connectivity index is 0.00000341. The second-order valence-corrected chi connectivity index (χ2v) is 8.24. The lowest BCUT2D eigenvalue weighted by atomic mass is 10.1. The van der Waals surface area contributed by atoms with Crippen molar-refractivity contribution < 1.29 is 9.21 Å². The molecule has 0 aliphatic carbocycles. The van der Waals surface area contributed by atoms with Crippen LogP contribution >= 0.6 is 24.0 Å². The highest BCUT2D eigenvalue weighted by atomic mass is 127. The van der Waals surface area contributed by atoms with E-state index < -0.39 is 0 Å². The van der Waals surface area contributed by atoms with Gasteiger partial charge in [0.25, 0.3) is 0 Å². The molecule has 3 N–H and O–H groups in total. The summed E-state index contributed by atoms with van der Waals surface area (Å²) >= 11 is 0. The van der Waals surface area contributed by atoms with Crippen molar-refractivity contribution in [3.05, 3.63) is 24.2 Å². The van der Waals surface area contributed by atoms with Crippen LogP contribution in [0.1, 0.15) is 38.4 Å². The normalized spacial score (nSPS) is 21.0. The molecule has 3 rings (SSSR count). The monoisotopic (exact) mass is 546 g/mol. The van der Waals surface area contributed by atoms with Crippen molar-refractivity contribution in [2.75, 3.05) is 52.9 Å². The number of guanidine groups is 1. The summed E-state index contributed by atoms with van der Waals surface area (Å²) in [5, 5.41) is 9.85. The van der Waals surface area contributed by atoms with Crippen LogP contribution in [0.15, 0.2) is 27.8 Å². The minimum atomic E-state index is 0. The van der Waals surface area contributed by atoms with E-state index in [1.54, 1.807) is 13.3 Å². The summed E-state index contributed by atoms with van der Waals surface area (Å²) in [6.45, 7) is 8.48. The predicted octanol–water partition coefficient (Wildman–Crippen LogP) is 1.67. The first-order chi connectivity index (χ1) is 14.7. The fourth-order valence-corrected chi connectivity index (χ4v) is 4.34. The molecule has 3 heterocycles. The Kier molecular flexibility index (Phi) is 11.7. The number of nitrogens with zero attached hydrogens (tertiary/aromatic N) is 3. The largest absolute Gasteiger partial charge is 0.469 e. The van der Waals surface area contributed by atoms with Crippen molar-refractivity contribution in [2.24, 2.45) is 4.99 Å². The van der Waals surface area contributed by atoms with E-state index in [1.165, 1.54) is 19.4 Å². The number of nitrogens with one attached hydrogen (secondary N) is 3. The van der Waals surface area contributed by atoms with Crippen LogP contribution in [-0.4, -0.2) is 86.6 Å². The number of amides is 1. The molecule has 1 unspecified atom stereocenters. The smallest absolute Gasteiger partial charge is 0.233 e. The first-order valence-corrected chi connectivity index (χ1v) is 11.4. The Morgan fingerprint density at radius 3 is 2.74 bits per heavy atom. The maximum Gasteiger partial charge on any atom is 0.233 e. The maximum atomic E-state index is 11.6. The van der Waals surface area contributed by atoms with Crippen molar-refractivity contribution in [1.29, 1.82) is 0 Å². The van der Waals surface area contributed by atoms with Crippen molar-refractivity contribution in [3.63, 3.8) is 0 Å². The number of carbonyl (C=O) groups excluding carboxylic acids is 1. The molecular formula is C22H39IN6O2. The van der Waals surface area contributed by atoms with Crippen LogP contribution in [0.25, 0.3) is 0 Å². The summed E-state index contributed by atoms with van der Waals surface area (Å²) in [5.74, 6) is 1.96. The van der Waals surface area contributed by atoms with Crippen LogP contribution < -0.4 is 16.0 Å². The Morgan fingerprint density at radius 2 is 2.06 bits per heavy atom.